The average Bonchev–Trinajstić information content (AvgIpc) is 2.98. The summed E-state index contributed by atoms with van der Waals surface area (Å²) in [7, 11) is -3.52. The first-order valence-corrected chi connectivity index (χ1v) is 11.8. The minimum Gasteiger partial charge on any atom is -0.443 e. The third-order valence-electron chi connectivity index (χ3n) is 4.18. The highest BCUT2D eigenvalue weighted by molar-refractivity contribution is 7.86. The van der Waals surface area contributed by atoms with Crippen LogP contribution in [-0.4, -0.2) is 54.1 Å². The van der Waals surface area contributed by atoms with Crippen LogP contribution in [0.15, 0.2) is 12.4 Å². The number of anilines is 1. The molecule has 2 amide bonds. The molecule has 174 valence electrons. The molecule has 1 aliphatic rings. The first kappa shape index (κ1) is 25.0. The van der Waals surface area contributed by atoms with Crippen LogP contribution in [0.4, 0.5) is 15.5 Å². The standard InChI is InChI=1S/C20H31N3O7S/c1-19(2,3)28-17(24)23(18(25)29-20(4,5)6)16-21-11-14(12-22-16)13-8-9-15(10-13)30-31(7,26)27/h11-13,15H,8-10H2,1-7H3/t13-,15-/m1/s1. The first-order chi connectivity index (χ1) is 14.0. The summed E-state index contributed by atoms with van der Waals surface area (Å²) in [5.74, 6) is -0.161. The highest BCUT2D eigenvalue weighted by Gasteiger charge is 2.35. The fraction of sp³-hybridized carbons (Fsp3) is 0.700. The van der Waals surface area contributed by atoms with Crippen molar-refractivity contribution in [2.75, 3.05) is 11.2 Å². The second kappa shape index (κ2) is 9.07. The molecule has 10 nitrogen and oxygen atoms in total. The van der Waals surface area contributed by atoms with E-state index in [4.69, 9.17) is 13.7 Å². The Morgan fingerprint density at radius 3 is 1.87 bits per heavy atom. The van der Waals surface area contributed by atoms with E-state index < -0.39 is 33.5 Å². The summed E-state index contributed by atoms with van der Waals surface area (Å²) in [6.45, 7) is 10.1. The zero-order valence-corrected chi connectivity index (χ0v) is 19.9. The Hall–Kier alpha value is -2.27. The van der Waals surface area contributed by atoms with Gasteiger partial charge in [-0.15, -0.1) is 4.90 Å². The summed E-state index contributed by atoms with van der Waals surface area (Å²) in [4.78, 5) is 34.3. The van der Waals surface area contributed by atoms with E-state index in [1.807, 2.05) is 0 Å². The molecule has 0 unspecified atom stereocenters. The number of ether oxygens (including phenoxy) is 2. The largest absolute Gasteiger partial charge is 0.443 e. The smallest absolute Gasteiger partial charge is 0.427 e. The lowest BCUT2D eigenvalue weighted by molar-refractivity contribution is 0.0427. The van der Waals surface area contributed by atoms with Crippen LogP contribution in [0.5, 0.6) is 0 Å². The van der Waals surface area contributed by atoms with Crippen LogP contribution in [-0.2, 0) is 23.8 Å². The van der Waals surface area contributed by atoms with E-state index in [1.165, 1.54) is 12.4 Å². The molecule has 0 N–H and O–H groups in total. The monoisotopic (exact) mass is 457 g/mol. The van der Waals surface area contributed by atoms with Crippen molar-refractivity contribution < 1.29 is 31.7 Å². The van der Waals surface area contributed by atoms with Crippen LogP contribution in [0.25, 0.3) is 0 Å². The summed E-state index contributed by atoms with van der Waals surface area (Å²) in [6.07, 6.45) is 3.59. The second-order valence-corrected chi connectivity index (χ2v) is 11.1. The minimum atomic E-state index is -3.52. The summed E-state index contributed by atoms with van der Waals surface area (Å²) >= 11 is 0. The maximum atomic E-state index is 12.7. The summed E-state index contributed by atoms with van der Waals surface area (Å²) in [6, 6.07) is 0. The molecule has 0 aliphatic heterocycles. The third kappa shape index (κ3) is 8.06. The van der Waals surface area contributed by atoms with E-state index in [0.29, 0.717) is 24.2 Å². The Morgan fingerprint density at radius 1 is 0.968 bits per heavy atom. The van der Waals surface area contributed by atoms with Gasteiger partial charge in [0.2, 0.25) is 5.95 Å². The van der Waals surface area contributed by atoms with Gasteiger partial charge in [0.25, 0.3) is 10.1 Å². The Kier molecular flexibility index (Phi) is 7.32. The van der Waals surface area contributed by atoms with Gasteiger partial charge in [0.05, 0.1) is 12.4 Å². The van der Waals surface area contributed by atoms with Gasteiger partial charge in [0.15, 0.2) is 0 Å². The van der Waals surface area contributed by atoms with E-state index in [9.17, 15) is 18.0 Å². The normalized spacial score (nSPS) is 19.7. The molecule has 1 aliphatic carbocycles. The van der Waals surface area contributed by atoms with Gasteiger partial charge in [0.1, 0.15) is 11.2 Å². The molecule has 1 aromatic heterocycles. The third-order valence-corrected chi connectivity index (χ3v) is 4.80. The fourth-order valence-corrected chi connectivity index (χ4v) is 3.76. The maximum Gasteiger partial charge on any atom is 0.427 e. The molecule has 1 heterocycles. The predicted molar refractivity (Wildman–Crippen MR) is 113 cm³/mol. The molecule has 1 saturated carbocycles. The number of hydrogen-bond acceptors (Lipinski definition) is 9. The first-order valence-electron chi connectivity index (χ1n) is 10.0. The van der Waals surface area contributed by atoms with Crippen molar-refractivity contribution in [1.82, 2.24) is 9.97 Å². The Morgan fingerprint density at radius 2 is 1.45 bits per heavy atom. The number of nitrogens with zero attached hydrogens (tertiary/aromatic N) is 3. The van der Waals surface area contributed by atoms with Crippen molar-refractivity contribution in [2.45, 2.75) is 84.0 Å². The highest BCUT2D eigenvalue weighted by Crippen LogP contribution is 2.36. The summed E-state index contributed by atoms with van der Waals surface area (Å²) in [5, 5.41) is 0. The van der Waals surface area contributed by atoms with E-state index in [2.05, 4.69) is 9.97 Å². The van der Waals surface area contributed by atoms with Crippen molar-refractivity contribution in [3.63, 3.8) is 0 Å². The zero-order chi connectivity index (χ0) is 23.6. The molecule has 0 spiro atoms. The Balaban J connectivity index is 2.21. The molecule has 0 aromatic carbocycles. The van der Waals surface area contributed by atoms with Crippen molar-refractivity contribution >= 4 is 28.3 Å². The lowest BCUT2D eigenvalue weighted by Crippen LogP contribution is -2.44. The van der Waals surface area contributed by atoms with Crippen molar-refractivity contribution in [3.05, 3.63) is 18.0 Å². The molecule has 1 fully saturated rings. The van der Waals surface area contributed by atoms with E-state index >= 15 is 0 Å². The Bertz CT molecular complexity index is 874. The number of carbonyl (C=O) groups is 2. The minimum absolute atomic E-state index is 0.0114. The summed E-state index contributed by atoms with van der Waals surface area (Å²) < 4.78 is 38.4. The van der Waals surface area contributed by atoms with Gasteiger partial charge < -0.3 is 9.47 Å². The molecule has 1 aromatic rings. The lowest BCUT2D eigenvalue weighted by Gasteiger charge is -2.27. The van der Waals surface area contributed by atoms with Gasteiger partial charge in [-0.2, -0.15) is 8.42 Å². The van der Waals surface area contributed by atoms with Gasteiger partial charge in [-0.25, -0.2) is 19.6 Å². The fourth-order valence-electron chi connectivity index (χ4n) is 3.09. The van der Waals surface area contributed by atoms with Crippen molar-refractivity contribution in [2.24, 2.45) is 0 Å². The number of imide groups is 1. The van der Waals surface area contributed by atoms with Crippen molar-refractivity contribution in [1.29, 1.82) is 0 Å². The molecular formula is C20H31N3O7S. The maximum absolute atomic E-state index is 12.7. The second-order valence-electron chi connectivity index (χ2n) is 9.54. The van der Waals surface area contributed by atoms with Crippen LogP contribution in [0.3, 0.4) is 0 Å². The van der Waals surface area contributed by atoms with Gasteiger partial charge in [0, 0.05) is 12.4 Å². The van der Waals surface area contributed by atoms with Gasteiger partial charge in [-0.3, -0.25) is 4.18 Å². The topological polar surface area (TPSA) is 125 Å². The van der Waals surface area contributed by atoms with Crippen LogP contribution < -0.4 is 4.90 Å². The Labute approximate surface area is 183 Å². The molecule has 11 heteroatoms. The lowest BCUT2D eigenvalue weighted by atomic mass is 10.0. The van der Waals surface area contributed by atoms with Gasteiger partial charge in [-0.1, -0.05) is 0 Å². The predicted octanol–water partition coefficient (Wildman–Crippen LogP) is 3.77. The number of aromatic nitrogens is 2. The molecule has 0 saturated heterocycles. The summed E-state index contributed by atoms with van der Waals surface area (Å²) in [5.41, 5.74) is -0.914. The van der Waals surface area contributed by atoms with Crippen LogP contribution in [0.1, 0.15) is 72.3 Å². The van der Waals surface area contributed by atoms with Crippen LogP contribution in [0.2, 0.25) is 0 Å². The number of carbonyl (C=O) groups excluding carboxylic acids is 2. The molecule has 0 radical (unpaired) electrons. The molecule has 2 rings (SSSR count). The molecule has 2 atom stereocenters. The van der Waals surface area contributed by atoms with Gasteiger partial charge >= 0.3 is 12.2 Å². The zero-order valence-electron chi connectivity index (χ0n) is 19.0. The number of rotatable bonds is 4. The quantitative estimate of drug-likeness (QED) is 0.621. The molecule has 0 bridgehead atoms. The number of amides is 2. The van der Waals surface area contributed by atoms with Gasteiger partial charge in [-0.05, 0) is 72.3 Å². The molecule has 31 heavy (non-hydrogen) atoms. The van der Waals surface area contributed by atoms with Crippen LogP contribution in [0, 0.1) is 0 Å². The van der Waals surface area contributed by atoms with Crippen LogP contribution >= 0.6 is 0 Å². The SMILES string of the molecule is CC(C)(C)OC(=O)N(C(=O)OC(C)(C)C)c1ncc([C@@H]2CC[C@@H](OS(C)(=O)=O)C2)cn1. The van der Waals surface area contributed by atoms with E-state index in [-0.39, 0.29) is 18.0 Å². The van der Waals surface area contributed by atoms with Crippen molar-refractivity contribution in [3.8, 4) is 0 Å². The molecular weight excluding hydrogens is 426 g/mol. The highest BCUT2D eigenvalue weighted by atomic mass is 32.2. The number of hydrogen-bond donors (Lipinski definition) is 0. The van der Waals surface area contributed by atoms with E-state index in [1.54, 1.807) is 41.5 Å². The average molecular weight is 458 g/mol. The van der Waals surface area contributed by atoms with E-state index in [0.717, 1.165) is 11.8 Å².